The topological polar surface area (TPSA) is 72.6 Å². The normalized spacial score (nSPS) is 15.9. The Hall–Kier alpha value is -1.69. The molecule has 1 aromatic carbocycles. The molecule has 0 spiro atoms. The average Bonchev–Trinajstić information content (AvgIpc) is 2.35. The maximum absolute atomic E-state index is 11.5. The first-order valence-electron chi connectivity index (χ1n) is 5.56. The Kier molecular flexibility index (Phi) is 4.09. The Bertz CT molecular complexity index is 431. The molecular weight excluding hydrogens is 252 g/mol. The first-order valence-corrected chi connectivity index (χ1v) is 6.71. The maximum Gasteiger partial charge on any atom is 0.239 e. The summed E-state index contributed by atoms with van der Waals surface area (Å²) < 4.78 is 5.45. The molecule has 1 aliphatic rings. The molecule has 1 heterocycles. The van der Waals surface area contributed by atoms with E-state index < -0.39 is 0 Å². The molecule has 0 unspecified atom stereocenters. The Labute approximate surface area is 109 Å². The fourth-order valence-corrected chi connectivity index (χ4v) is 2.35. The zero-order valence-corrected chi connectivity index (χ0v) is 10.6. The van der Waals surface area contributed by atoms with Gasteiger partial charge in [-0.2, -0.15) is 0 Å². The van der Waals surface area contributed by atoms with Crippen molar-refractivity contribution in [3.8, 4) is 5.75 Å². The van der Waals surface area contributed by atoms with E-state index in [9.17, 15) is 9.59 Å². The zero-order valence-electron chi connectivity index (χ0n) is 9.80. The summed E-state index contributed by atoms with van der Waals surface area (Å²) in [6.07, 6.45) is 0. The van der Waals surface area contributed by atoms with Gasteiger partial charge in [-0.3, -0.25) is 14.5 Å². The van der Waals surface area contributed by atoms with Crippen molar-refractivity contribution in [2.75, 3.05) is 30.4 Å². The fourth-order valence-electron chi connectivity index (χ4n) is 1.59. The van der Waals surface area contributed by atoms with Gasteiger partial charge in [-0.05, 0) is 24.3 Å². The molecule has 6 heteroatoms. The number of ether oxygens (including phenoxy) is 1. The highest BCUT2D eigenvalue weighted by atomic mass is 32.2. The lowest BCUT2D eigenvalue weighted by Gasteiger charge is -2.24. The number of hydrogen-bond acceptors (Lipinski definition) is 5. The molecule has 1 fully saturated rings. The highest BCUT2D eigenvalue weighted by Crippen LogP contribution is 2.14. The average molecular weight is 266 g/mol. The minimum Gasteiger partial charge on any atom is -0.492 e. The summed E-state index contributed by atoms with van der Waals surface area (Å²) in [6, 6.07) is 6.99. The van der Waals surface area contributed by atoms with Crippen LogP contribution in [0.4, 0.5) is 5.69 Å². The summed E-state index contributed by atoms with van der Waals surface area (Å²) in [7, 11) is 0. The largest absolute Gasteiger partial charge is 0.492 e. The molecule has 0 aromatic heterocycles. The number of carbonyl (C=O) groups is 2. The number of amides is 2. The van der Waals surface area contributed by atoms with Crippen molar-refractivity contribution in [3.05, 3.63) is 24.3 Å². The molecule has 0 bridgehead atoms. The van der Waals surface area contributed by atoms with Crippen molar-refractivity contribution in [3.63, 3.8) is 0 Å². The van der Waals surface area contributed by atoms with Crippen molar-refractivity contribution >= 4 is 29.3 Å². The first kappa shape index (κ1) is 12.8. The Morgan fingerprint density at radius 3 is 2.39 bits per heavy atom. The van der Waals surface area contributed by atoms with E-state index in [2.05, 4.69) is 0 Å². The lowest BCUT2D eigenvalue weighted by molar-refractivity contribution is -0.142. The van der Waals surface area contributed by atoms with Crippen LogP contribution < -0.4 is 10.5 Å². The summed E-state index contributed by atoms with van der Waals surface area (Å²) in [6.45, 7) is 0.592. The van der Waals surface area contributed by atoms with Crippen LogP contribution in [-0.2, 0) is 9.59 Å². The van der Waals surface area contributed by atoms with E-state index in [0.29, 0.717) is 36.1 Å². The van der Waals surface area contributed by atoms with Crippen molar-refractivity contribution in [1.82, 2.24) is 4.90 Å². The van der Waals surface area contributed by atoms with E-state index in [4.69, 9.17) is 10.5 Å². The number of imide groups is 1. The predicted molar refractivity (Wildman–Crippen MR) is 70.4 cm³/mol. The van der Waals surface area contributed by atoms with Crippen LogP contribution in [0.5, 0.6) is 5.75 Å². The Morgan fingerprint density at radius 2 is 1.78 bits per heavy atom. The van der Waals surface area contributed by atoms with E-state index >= 15 is 0 Å². The van der Waals surface area contributed by atoms with Crippen LogP contribution in [0.15, 0.2) is 24.3 Å². The molecular formula is C12H14N2O3S. The first-order chi connectivity index (χ1) is 8.66. The van der Waals surface area contributed by atoms with Gasteiger partial charge < -0.3 is 10.5 Å². The van der Waals surface area contributed by atoms with E-state index in [1.165, 1.54) is 16.7 Å². The summed E-state index contributed by atoms with van der Waals surface area (Å²) in [5.41, 5.74) is 6.22. The van der Waals surface area contributed by atoms with Crippen molar-refractivity contribution in [1.29, 1.82) is 0 Å². The zero-order chi connectivity index (χ0) is 13.0. The summed E-state index contributed by atoms with van der Waals surface area (Å²) >= 11 is 1.35. The van der Waals surface area contributed by atoms with Crippen LogP contribution in [0.1, 0.15) is 0 Å². The molecule has 2 amide bonds. The molecule has 18 heavy (non-hydrogen) atoms. The second-order valence-corrected chi connectivity index (χ2v) is 4.84. The number of nitrogen functional groups attached to an aromatic ring is 1. The van der Waals surface area contributed by atoms with E-state index in [1.54, 1.807) is 24.3 Å². The third-order valence-electron chi connectivity index (χ3n) is 2.52. The van der Waals surface area contributed by atoms with Crippen LogP contribution >= 0.6 is 11.8 Å². The van der Waals surface area contributed by atoms with Crippen LogP contribution in [0.2, 0.25) is 0 Å². The van der Waals surface area contributed by atoms with Crippen LogP contribution in [0.3, 0.4) is 0 Å². The standard InChI is InChI=1S/C12H14N2O3S/c13-9-1-3-10(4-2-9)17-6-5-14-11(15)7-18-8-12(14)16/h1-4H,5-8,13H2. The number of benzene rings is 1. The molecule has 1 aromatic rings. The van der Waals surface area contributed by atoms with Crippen molar-refractivity contribution in [2.45, 2.75) is 0 Å². The Morgan fingerprint density at radius 1 is 1.17 bits per heavy atom. The van der Waals surface area contributed by atoms with Gasteiger partial charge in [0.1, 0.15) is 12.4 Å². The summed E-state index contributed by atoms with van der Waals surface area (Å²) in [5, 5.41) is 0. The van der Waals surface area contributed by atoms with Crippen LogP contribution in [0.25, 0.3) is 0 Å². The molecule has 2 rings (SSSR count). The monoisotopic (exact) mass is 266 g/mol. The van der Waals surface area contributed by atoms with E-state index in [-0.39, 0.29) is 11.8 Å². The van der Waals surface area contributed by atoms with Gasteiger partial charge in [0.2, 0.25) is 11.8 Å². The maximum atomic E-state index is 11.5. The molecule has 1 aliphatic heterocycles. The second-order valence-electron chi connectivity index (χ2n) is 3.85. The summed E-state index contributed by atoms with van der Waals surface area (Å²) in [5.74, 6) is 1.13. The second kappa shape index (κ2) is 5.77. The Balaban J connectivity index is 1.82. The van der Waals surface area contributed by atoms with E-state index in [1.807, 2.05) is 0 Å². The van der Waals surface area contributed by atoms with Crippen molar-refractivity contribution in [2.24, 2.45) is 0 Å². The SMILES string of the molecule is Nc1ccc(OCCN2C(=O)CSCC2=O)cc1. The fraction of sp³-hybridized carbons (Fsp3) is 0.333. The van der Waals surface area contributed by atoms with Crippen LogP contribution in [-0.4, -0.2) is 41.4 Å². The smallest absolute Gasteiger partial charge is 0.239 e. The molecule has 96 valence electrons. The third-order valence-corrected chi connectivity index (χ3v) is 3.42. The van der Waals surface area contributed by atoms with Gasteiger partial charge in [0.05, 0.1) is 18.1 Å². The number of nitrogens with two attached hydrogens (primary N) is 1. The number of hydrogen-bond donors (Lipinski definition) is 1. The lowest BCUT2D eigenvalue weighted by atomic mass is 10.3. The molecule has 0 aliphatic carbocycles. The minimum atomic E-state index is -0.142. The highest BCUT2D eigenvalue weighted by Gasteiger charge is 2.25. The minimum absolute atomic E-state index is 0.142. The number of thioether (sulfide) groups is 1. The van der Waals surface area contributed by atoms with Gasteiger partial charge in [-0.1, -0.05) is 0 Å². The van der Waals surface area contributed by atoms with Crippen molar-refractivity contribution < 1.29 is 14.3 Å². The van der Waals surface area contributed by atoms with Gasteiger partial charge in [0.25, 0.3) is 0 Å². The van der Waals surface area contributed by atoms with Gasteiger partial charge >= 0.3 is 0 Å². The predicted octanol–water partition coefficient (Wildman–Crippen LogP) is 0.750. The van der Waals surface area contributed by atoms with Gasteiger partial charge in [0, 0.05) is 5.69 Å². The molecule has 2 N–H and O–H groups in total. The lowest BCUT2D eigenvalue weighted by Crippen LogP contribution is -2.44. The molecule has 1 saturated heterocycles. The van der Waals surface area contributed by atoms with Gasteiger partial charge in [0.15, 0.2) is 0 Å². The quantitative estimate of drug-likeness (QED) is 0.643. The van der Waals surface area contributed by atoms with E-state index in [0.717, 1.165) is 0 Å². The molecule has 0 radical (unpaired) electrons. The summed E-state index contributed by atoms with van der Waals surface area (Å²) in [4.78, 5) is 24.3. The molecule has 0 saturated carbocycles. The number of nitrogens with zero attached hydrogens (tertiary/aromatic N) is 1. The number of rotatable bonds is 4. The third kappa shape index (κ3) is 3.16. The van der Waals surface area contributed by atoms with Crippen LogP contribution in [0, 0.1) is 0 Å². The number of carbonyl (C=O) groups excluding carboxylic acids is 2. The van der Waals surface area contributed by atoms with Gasteiger partial charge in [-0.15, -0.1) is 11.8 Å². The molecule has 0 atom stereocenters. The van der Waals surface area contributed by atoms with Gasteiger partial charge in [-0.25, -0.2) is 0 Å². The number of anilines is 1. The highest BCUT2D eigenvalue weighted by molar-refractivity contribution is 8.00. The molecule has 5 nitrogen and oxygen atoms in total.